The summed E-state index contributed by atoms with van der Waals surface area (Å²) in [5.41, 5.74) is -0.420. The third-order valence-corrected chi connectivity index (χ3v) is 3.35. The highest BCUT2D eigenvalue weighted by Gasteiger charge is 2.32. The predicted octanol–water partition coefficient (Wildman–Crippen LogP) is 1.92. The highest BCUT2D eigenvalue weighted by Crippen LogP contribution is 2.33. The average Bonchev–Trinajstić information content (AvgIpc) is 2.67. The van der Waals surface area contributed by atoms with Crippen molar-refractivity contribution < 1.29 is 14.8 Å². The number of carboxylic acids is 1. The van der Waals surface area contributed by atoms with E-state index in [1.54, 1.807) is 0 Å². The third kappa shape index (κ3) is 2.49. The molecule has 0 radical (unpaired) electrons. The SMILES string of the molecule is CC1CC(C)N(c2ncc(C(=O)O)cc2[N+](=O)[O-])C1. The summed E-state index contributed by atoms with van der Waals surface area (Å²) in [6.07, 6.45) is 2.11. The number of aromatic carboxylic acids is 1. The van der Waals surface area contributed by atoms with Gasteiger partial charge >= 0.3 is 11.7 Å². The van der Waals surface area contributed by atoms with Gasteiger partial charge in [-0.1, -0.05) is 6.92 Å². The second-order valence-electron chi connectivity index (χ2n) is 4.97. The predicted molar refractivity (Wildman–Crippen MR) is 68.4 cm³/mol. The molecule has 102 valence electrons. The molecule has 1 N–H and O–H groups in total. The molecule has 19 heavy (non-hydrogen) atoms. The van der Waals surface area contributed by atoms with Gasteiger partial charge in [0.15, 0.2) is 0 Å². The fraction of sp³-hybridized carbons (Fsp3) is 0.500. The molecule has 7 heteroatoms. The van der Waals surface area contributed by atoms with Crippen LogP contribution in [0.3, 0.4) is 0 Å². The number of hydrogen-bond donors (Lipinski definition) is 1. The minimum absolute atomic E-state index is 0.164. The molecule has 1 aromatic rings. The maximum atomic E-state index is 11.1. The van der Waals surface area contributed by atoms with E-state index in [2.05, 4.69) is 11.9 Å². The minimum Gasteiger partial charge on any atom is -0.478 e. The van der Waals surface area contributed by atoms with Crippen molar-refractivity contribution in [3.8, 4) is 0 Å². The largest absolute Gasteiger partial charge is 0.478 e. The van der Waals surface area contributed by atoms with Gasteiger partial charge in [-0.3, -0.25) is 10.1 Å². The first-order valence-electron chi connectivity index (χ1n) is 6.04. The van der Waals surface area contributed by atoms with E-state index in [0.717, 1.165) is 12.5 Å². The highest BCUT2D eigenvalue weighted by atomic mass is 16.6. The number of anilines is 1. The molecule has 1 aromatic heterocycles. The molecule has 2 heterocycles. The van der Waals surface area contributed by atoms with Crippen molar-refractivity contribution in [2.45, 2.75) is 26.3 Å². The van der Waals surface area contributed by atoms with Crippen LogP contribution in [0.15, 0.2) is 12.3 Å². The first kappa shape index (κ1) is 13.3. The van der Waals surface area contributed by atoms with Crippen LogP contribution in [0.2, 0.25) is 0 Å². The lowest BCUT2D eigenvalue weighted by Crippen LogP contribution is -2.28. The fourth-order valence-corrected chi connectivity index (χ4v) is 2.51. The van der Waals surface area contributed by atoms with Crippen LogP contribution in [0.5, 0.6) is 0 Å². The van der Waals surface area contributed by atoms with E-state index in [-0.39, 0.29) is 23.1 Å². The molecular weight excluding hydrogens is 250 g/mol. The summed E-state index contributed by atoms with van der Waals surface area (Å²) in [4.78, 5) is 27.2. The summed E-state index contributed by atoms with van der Waals surface area (Å²) < 4.78 is 0. The van der Waals surface area contributed by atoms with Crippen molar-refractivity contribution in [1.29, 1.82) is 0 Å². The van der Waals surface area contributed by atoms with Crippen LogP contribution in [0, 0.1) is 16.0 Å². The Labute approximate surface area is 110 Å². The maximum absolute atomic E-state index is 11.1. The zero-order valence-corrected chi connectivity index (χ0v) is 10.7. The van der Waals surface area contributed by atoms with Crippen molar-refractivity contribution in [3.63, 3.8) is 0 Å². The first-order valence-corrected chi connectivity index (χ1v) is 6.04. The number of aromatic nitrogens is 1. The van der Waals surface area contributed by atoms with Gasteiger partial charge in [0.05, 0.1) is 10.5 Å². The summed E-state index contributed by atoms with van der Waals surface area (Å²) in [5.74, 6) is -0.521. The van der Waals surface area contributed by atoms with Crippen LogP contribution in [0.4, 0.5) is 11.5 Å². The number of hydrogen-bond acceptors (Lipinski definition) is 5. The molecule has 7 nitrogen and oxygen atoms in total. The van der Waals surface area contributed by atoms with E-state index in [1.165, 1.54) is 6.20 Å². The van der Waals surface area contributed by atoms with Gasteiger partial charge in [0.25, 0.3) is 0 Å². The van der Waals surface area contributed by atoms with Crippen LogP contribution >= 0.6 is 0 Å². The zero-order valence-electron chi connectivity index (χ0n) is 10.7. The Kier molecular flexibility index (Phi) is 3.37. The van der Waals surface area contributed by atoms with E-state index in [1.807, 2.05) is 11.8 Å². The van der Waals surface area contributed by atoms with Gasteiger partial charge in [-0.15, -0.1) is 0 Å². The standard InChI is InChI=1S/C12H15N3O4/c1-7-3-8(2)14(6-7)11-10(15(18)19)4-9(5-13-11)12(16)17/h4-5,7-8H,3,6H2,1-2H3,(H,16,17). The molecular formula is C12H15N3O4. The Morgan fingerprint density at radius 1 is 1.58 bits per heavy atom. The molecule has 2 rings (SSSR count). The molecule has 0 bridgehead atoms. The number of rotatable bonds is 3. The van der Waals surface area contributed by atoms with E-state index in [4.69, 9.17) is 5.11 Å². The fourth-order valence-electron chi connectivity index (χ4n) is 2.51. The molecule has 0 saturated carbocycles. The Morgan fingerprint density at radius 2 is 2.26 bits per heavy atom. The topological polar surface area (TPSA) is 96.6 Å². The highest BCUT2D eigenvalue weighted by molar-refractivity contribution is 5.88. The Balaban J connectivity index is 2.45. The van der Waals surface area contributed by atoms with Gasteiger partial charge < -0.3 is 10.0 Å². The van der Waals surface area contributed by atoms with Crippen LogP contribution in [-0.4, -0.2) is 33.6 Å². The summed E-state index contributed by atoms with van der Waals surface area (Å²) in [6.45, 7) is 4.76. The molecule has 2 unspecified atom stereocenters. The van der Waals surface area contributed by atoms with Gasteiger partial charge in [0.1, 0.15) is 0 Å². The Morgan fingerprint density at radius 3 is 2.74 bits per heavy atom. The van der Waals surface area contributed by atoms with Crippen molar-refractivity contribution in [2.24, 2.45) is 5.92 Å². The zero-order chi connectivity index (χ0) is 14.2. The molecule has 1 saturated heterocycles. The van der Waals surface area contributed by atoms with Crippen molar-refractivity contribution in [2.75, 3.05) is 11.4 Å². The summed E-state index contributed by atoms with van der Waals surface area (Å²) in [5, 5.41) is 20.0. The Hall–Kier alpha value is -2.18. The van der Waals surface area contributed by atoms with Crippen LogP contribution in [-0.2, 0) is 0 Å². The molecule has 1 aliphatic rings. The molecule has 0 spiro atoms. The second kappa shape index (κ2) is 4.83. The Bertz CT molecular complexity index is 532. The van der Waals surface area contributed by atoms with Crippen LogP contribution < -0.4 is 4.90 Å². The quantitative estimate of drug-likeness (QED) is 0.662. The molecule has 0 aromatic carbocycles. The maximum Gasteiger partial charge on any atom is 0.337 e. The number of pyridine rings is 1. The lowest BCUT2D eigenvalue weighted by Gasteiger charge is -2.22. The third-order valence-electron chi connectivity index (χ3n) is 3.35. The van der Waals surface area contributed by atoms with Gasteiger partial charge in [-0.2, -0.15) is 0 Å². The summed E-state index contributed by atoms with van der Waals surface area (Å²) in [6, 6.07) is 1.23. The second-order valence-corrected chi connectivity index (χ2v) is 4.97. The van der Waals surface area contributed by atoms with Gasteiger partial charge in [0.2, 0.25) is 5.82 Å². The number of carbonyl (C=O) groups is 1. The monoisotopic (exact) mass is 265 g/mol. The average molecular weight is 265 g/mol. The van der Waals surface area contributed by atoms with E-state index in [0.29, 0.717) is 12.5 Å². The van der Waals surface area contributed by atoms with Gasteiger partial charge in [0, 0.05) is 24.8 Å². The smallest absolute Gasteiger partial charge is 0.337 e. The molecule has 0 amide bonds. The summed E-state index contributed by atoms with van der Waals surface area (Å²) >= 11 is 0. The molecule has 2 atom stereocenters. The van der Waals surface area contributed by atoms with Crippen molar-refractivity contribution in [1.82, 2.24) is 4.98 Å². The van der Waals surface area contributed by atoms with E-state index < -0.39 is 10.9 Å². The first-order chi connectivity index (χ1) is 8.90. The lowest BCUT2D eigenvalue weighted by atomic mass is 10.1. The molecule has 1 aliphatic heterocycles. The van der Waals surface area contributed by atoms with E-state index in [9.17, 15) is 14.9 Å². The van der Waals surface area contributed by atoms with Crippen LogP contribution in [0.1, 0.15) is 30.6 Å². The van der Waals surface area contributed by atoms with Gasteiger partial charge in [-0.25, -0.2) is 9.78 Å². The number of nitrogens with zero attached hydrogens (tertiary/aromatic N) is 3. The normalized spacial score (nSPS) is 22.5. The number of carboxylic acid groups (broad SMARTS) is 1. The van der Waals surface area contributed by atoms with Gasteiger partial charge in [-0.05, 0) is 19.3 Å². The van der Waals surface area contributed by atoms with Crippen molar-refractivity contribution in [3.05, 3.63) is 27.9 Å². The minimum atomic E-state index is -1.22. The summed E-state index contributed by atoms with van der Waals surface area (Å²) in [7, 11) is 0. The van der Waals surface area contributed by atoms with E-state index >= 15 is 0 Å². The lowest BCUT2D eigenvalue weighted by molar-refractivity contribution is -0.384. The molecule has 1 fully saturated rings. The number of nitro groups is 1. The molecule has 0 aliphatic carbocycles. The van der Waals surface area contributed by atoms with Crippen molar-refractivity contribution >= 4 is 17.5 Å². The van der Waals surface area contributed by atoms with Crippen LogP contribution in [0.25, 0.3) is 0 Å².